The SMILES string of the molecule is CNc1cc[nH]c(=O)c1C(=N)Nc1ccc(C2(C(F)(F)F)CCCCN2)cc1. The average molecular weight is 393 g/mol. The zero-order chi connectivity index (χ0) is 20.4. The minimum Gasteiger partial charge on any atom is -0.387 e. The highest BCUT2D eigenvalue weighted by atomic mass is 19.4. The van der Waals surface area contributed by atoms with Crippen LogP contribution in [0.15, 0.2) is 41.3 Å². The van der Waals surface area contributed by atoms with Crippen LogP contribution in [0.2, 0.25) is 0 Å². The molecule has 0 spiro atoms. The molecule has 1 unspecified atom stereocenters. The van der Waals surface area contributed by atoms with Gasteiger partial charge in [0, 0.05) is 18.9 Å². The van der Waals surface area contributed by atoms with Crippen LogP contribution >= 0.6 is 0 Å². The number of nitrogens with one attached hydrogen (secondary N) is 5. The van der Waals surface area contributed by atoms with Gasteiger partial charge in [0.15, 0.2) is 0 Å². The Morgan fingerprint density at radius 1 is 1.18 bits per heavy atom. The van der Waals surface area contributed by atoms with E-state index in [0.29, 0.717) is 30.8 Å². The summed E-state index contributed by atoms with van der Waals surface area (Å²) in [5.74, 6) is -0.153. The number of amidine groups is 1. The molecule has 1 aromatic heterocycles. The number of pyridine rings is 1. The number of benzene rings is 1. The van der Waals surface area contributed by atoms with Crippen LogP contribution in [0.1, 0.15) is 30.4 Å². The third-order valence-electron chi connectivity index (χ3n) is 5.02. The summed E-state index contributed by atoms with van der Waals surface area (Å²) in [5.41, 5.74) is -1.33. The van der Waals surface area contributed by atoms with Crippen LogP contribution in [0.25, 0.3) is 0 Å². The topological polar surface area (TPSA) is 92.8 Å². The Balaban J connectivity index is 1.85. The van der Waals surface area contributed by atoms with Gasteiger partial charge in [-0.05, 0) is 49.6 Å². The fourth-order valence-corrected chi connectivity index (χ4v) is 3.54. The lowest BCUT2D eigenvalue weighted by atomic mass is 9.81. The van der Waals surface area contributed by atoms with E-state index in [1.165, 1.54) is 30.5 Å². The molecule has 0 bridgehead atoms. The maximum atomic E-state index is 13.8. The molecule has 0 radical (unpaired) electrons. The molecule has 1 aromatic carbocycles. The summed E-state index contributed by atoms with van der Waals surface area (Å²) in [6, 6.07) is 7.43. The second-order valence-corrected chi connectivity index (χ2v) is 6.71. The van der Waals surface area contributed by atoms with E-state index in [1.807, 2.05) is 0 Å². The molecule has 2 aromatic rings. The molecule has 3 rings (SSSR count). The van der Waals surface area contributed by atoms with Crippen molar-refractivity contribution in [2.24, 2.45) is 0 Å². The average Bonchev–Trinajstić information content (AvgIpc) is 2.68. The molecule has 0 amide bonds. The number of alkyl halides is 3. The summed E-state index contributed by atoms with van der Waals surface area (Å²) >= 11 is 0. The number of aromatic amines is 1. The number of H-pyrrole nitrogens is 1. The predicted octanol–water partition coefficient (Wildman–Crippen LogP) is 3.39. The van der Waals surface area contributed by atoms with Crippen molar-refractivity contribution in [3.8, 4) is 0 Å². The maximum absolute atomic E-state index is 13.8. The maximum Gasteiger partial charge on any atom is 0.410 e. The van der Waals surface area contributed by atoms with Crippen molar-refractivity contribution in [3.05, 3.63) is 58.0 Å². The standard InChI is InChI=1S/C19H22F3N5O/c1-24-14-8-11-25-17(28)15(14)16(23)27-13-6-4-12(5-7-13)18(19(20,21)22)9-2-3-10-26-18/h4-8,11,26H,2-3,9-10H2,1H3,(H2,23,27)(H2,24,25,28). The van der Waals surface area contributed by atoms with E-state index in [0.717, 1.165) is 0 Å². The fraction of sp³-hybridized carbons (Fsp3) is 0.368. The van der Waals surface area contributed by atoms with E-state index in [4.69, 9.17) is 5.41 Å². The molecule has 1 saturated heterocycles. The van der Waals surface area contributed by atoms with Gasteiger partial charge >= 0.3 is 6.18 Å². The van der Waals surface area contributed by atoms with Crippen molar-refractivity contribution in [3.63, 3.8) is 0 Å². The van der Waals surface area contributed by atoms with Crippen LogP contribution in [-0.2, 0) is 5.54 Å². The lowest BCUT2D eigenvalue weighted by Crippen LogP contribution is -2.56. The number of hydrogen-bond donors (Lipinski definition) is 5. The first-order chi connectivity index (χ1) is 13.3. The van der Waals surface area contributed by atoms with E-state index < -0.39 is 17.3 Å². The largest absolute Gasteiger partial charge is 0.410 e. The molecule has 0 aliphatic carbocycles. The Bertz CT molecular complexity index is 899. The van der Waals surface area contributed by atoms with E-state index in [1.54, 1.807) is 13.1 Å². The van der Waals surface area contributed by atoms with Crippen LogP contribution in [0.3, 0.4) is 0 Å². The van der Waals surface area contributed by atoms with Gasteiger partial charge in [0.2, 0.25) is 0 Å². The van der Waals surface area contributed by atoms with Crippen LogP contribution in [0.5, 0.6) is 0 Å². The van der Waals surface area contributed by atoms with Gasteiger partial charge in [0.25, 0.3) is 5.56 Å². The summed E-state index contributed by atoms with van der Waals surface area (Å²) < 4.78 is 41.4. The minimum absolute atomic E-state index is 0.00990. The molecule has 5 N–H and O–H groups in total. The molecule has 28 heavy (non-hydrogen) atoms. The van der Waals surface area contributed by atoms with Gasteiger partial charge < -0.3 is 15.6 Å². The summed E-state index contributed by atoms with van der Waals surface area (Å²) in [5, 5.41) is 16.5. The summed E-state index contributed by atoms with van der Waals surface area (Å²) in [6.45, 7) is 0.313. The lowest BCUT2D eigenvalue weighted by Gasteiger charge is -2.40. The Labute approximate surface area is 160 Å². The highest BCUT2D eigenvalue weighted by molar-refractivity contribution is 6.09. The van der Waals surface area contributed by atoms with Gasteiger partial charge in [-0.3, -0.25) is 15.5 Å². The zero-order valence-corrected chi connectivity index (χ0v) is 15.3. The smallest absolute Gasteiger partial charge is 0.387 e. The predicted molar refractivity (Wildman–Crippen MR) is 103 cm³/mol. The summed E-state index contributed by atoms with van der Waals surface area (Å²) in [4.78, 5) is 14.5. The third kappa shape index (κ3) is 3.62. The van der Waals surface area contributed by atoms with Gasteiger partial charge in [-0.2, -0.15) is 13.2 Å². The number of anilines is 2. The second kappa shape index (κ2) is 7.67. The highest BCUT2D eigenvalue weighted by Crippen LogP contribution is 2.44. The van der Waals surface area contributed by atoms with Crippen LogP contribution in [-0.4, -0.2) is 30.6 Å². The van der Waals surface area contributed by atoms with Gasteiger partial charge in [-0.15, -0.1) is 0 Å². The number of halogens is 3. The molecule has 9 heteroatoms. The quantitative estimate of drug-likeness (QED) is 0.407. The number of piperidine rings is 1. The molecule has 0 saturated carbocycles. The monoisotopic (exact) mass is 393 g/mol. The minimum atomic E-state index is -4.41. The molecule has 150 valence electrons. The Hall–Kier alpha value is -2.81. The van der Waals surface area contributed by atoms with Crippen molar-refractivity contribution >= 4 is 17.2 Å². The van der Waals surface area contributed by atoms with Crippen molar-refractivity contribution < 1.29 is 13.2 Å². The molecule has 1 fully saturated rings. The lowest BCUT2D eigenvalue weighted by molar-refractivity contribution is -0.207. The Morgan fingerprint density at radius 3 is 2.46 bits per heavy atom. The van der Waals surface area contributed by atoms with E-state index in [2.05, 4.69) is 20.9 Å². The summed E-state index contributed by atoms with van der Waals surface area (Å²) in [6.07, 6.45) is -1.74. The second-order valence-electron chi connectivity index (χ2n) is 6.71. The molecule has 2 heterocycles. The Morgan fingerprint density at radius 2 is 1.89 bits per heavy atom. The first-order valence-electron chi connectivity index (χ1n) is 8.96. The normalized spacial score (nSPS) is 19.9. The summed E-state index contributed by atoms with van der Waals surface area (Å²) in [7, 11) is 1.63. The fourth-order valence-electron chi connectivity index (χ4n) is 3.54. The molecule has 1 aliphatic heterocycles. The molecule has 1 atom stereocenters. The first-order valence-corrected chi connectivity index (χ1v) is 8.96. The van der Waals surface area contributed by atoms with Gasteiger partial charge in [-0.25, -0.2) is 0 Å². The van der Waals surface area contributed by atoms with Crippen LogP contribution in [0, 0.1) is 5.41 Å². The van der Waals surface area contributed by atoms with Gasteiger partial charge in [0.1, 0.15) is 16.9 Å². The van der Waals surface area contributed by atoms with E-state index in [-0.39, 0.29) is 23.4 Å². The van der Waals surface area contributed by atoms with Gasteiger partial charge in [0.05, 0.1) is 5.69 Å². The zero-order valence-electron chi connectivity index (χ0n) is 15.3. The third-order valence-corrected chi connectivity index (χ3v) is 5.02. The van der Waals surface area contributed by atoms with E-state index in [9.17, 15) is 18.0 Å². The molecular weight excluding hydrogens is 371 g/mol. The Kier molecular flexibility index (Phi) is 5.46. The molecule has 6 nitrogen and oxygen atoms in total. The van der Waals surface area contributed by atoms with Crippen LogP contribution < -0.4 is 21.5 Å². The van der Waals surface area contributed by atoms with Crippen molar-refractivity contribution in [1.82, 2.24) is 10.3 Å². The van der Waals surface area contributed by atoms with Crippen molar-refractivity contribution in [2.45, 2.75) is 31.0 Å². The molecule has 1 aliphatic rings. The number of aromatic nitrogens is 1. The number of rotatable bonds is 4. The van der Waals surface area contributed by atoms with E-state index >= 15 is 0 Å². The van der Waals surface area contributed by atoms with Crippen LogP contribution in [0.4, 0.5) is 24.5 Å². The van der Waals surface area contributed by atoms with Gasteiger partial charge in [-0.1, -0.05) is 12.1 Å². The first kappa shape index (κ1) is 19.9. The number of hydrogen-bond acceptors (Lipinski definition) is 4. The van der Waals surface area contributed by atoms with Crippen molar-refractivity contribution in [2.75, 3.05) is 24.2 Å². The van der Waals surface area contributed by atoms with Crippen molar-refractivity contribution in [1.29, 1.82) is 5.41 Å². The highest BCUT2D eigenvalue weighted by Gasteiger charge is 2.55. The molecular formula is C19H22F3N5O.